The number of aliphatic hydroxyl groups is 1. The molecule has 2 nitrogen and oxygen atoms in total. The van der Waals surface area contributed by atoms with E-state index in [-0.39, 0.29) is 5.76 Å². The van der Waals surface area contributed by atoms with E-state index < -0.39 is 10.4 Å². The molecule has 0 aliphatic heterocycles. The summed E-state index contributed by atoms with van der Waals surface area (Å²) in [4.78, 5) is -3.46. The number of benzene rings is 1. The average Bonchev–Trinajstić information content (AvgIpc) is 2.66. The molecular formula is C13H13BrF2O2. The fourth-order valence-electron chi connectivity index (χ4n) is 1.97. The van der Waals surface area contributed by atoms with Crippen molar-refractivity contribution in [2.45, 2.75) is 30.7 Å². The van der Waals surface area contributed by atoms with Gasteiger partial charge in [0.1, 0.15) is 11.3 Å². The quantitative estimate of drug-likeness (QED) is 0.861. The van der Waals surface area contributed by atoms with Gasteiger partial charge in [-0.2, -0.15) is 8.78 Å². The summed E-state index contributed by atoms with van der Waals surface area (Å²) in [7, 11) is 0. The second-order valence-corrected chi connectivity index (χ2v) is 5.33. The number of rotatable bonds is 3. The number of alkyl halides is 3. The van der Waals surface area contributed by atoms with Gasteiger partial charge < -0.3 is 9.52 Å². The molecule has 2 aromatic rings. The van der Waals surface area contributed by atoms with Crippen LogP contribution in [0.4, 0.5) is 8.78 Å². The normalized spacial score (nSPS) is 15.9. The van der Waals surface area contributed by atoms with Gasteiger partial charge in [0.25, 0.3) is 0 Å². The first-order valence-electron chi connectivity index (χ1n) is 5.59. The number of furan rings is 1. The van der Waals surface area contributed by atoms with Crippen LogP contribution in [-0.2, 0) is 12.0 Å². The largest absolute Gasteiger partial charge is 0.457 e. The third-order valence-corrected chi connectivity index (χ3v) is 3.82. The Bertz CT molecular complexity index is 570. The molecule has 0 aliphatic carbocycles. The van der Waals surface area contributed by atoms with Crippen molar-refractivity contribution in [1.82, 2.24) is 0 Å². The molecule has 0 amide bonds. The minimum absolute atomic E-state index is 0.0897. The van der Waals surface area contributed by atoms with Gasteiger partial charge in [-0.3, -0.25) is 0 Å². The van der Waals surface area contributed by atoms with Crippen molar-refractivity contribution in [2.24, 2.45) is 0 Å². The van der Waals surface area contributed by atoms with Crippen LogP contribution >= 0.6 is 15.9 Å². The monoisotopic (exact) mass is 318 g/mol. The summed E-state index contributed by atoms with van der Waals surface area (Å²) >= 11 is 2.21. The van der Waals surface area contributed by atoms with Crippen molar-refractivity contribution in [3.05, 3.63) is 35.6 Å². The molecule has 18 heavy (non-hydrogen) atoms. The Hall–Kier alpha value is -0.940. The zero-order chi connectivity index (χ0) is 13.6. The van der Waals surface area contributed by atoms with E-state index in [2.05, 4.69) is 15.9 Å². The molecule has 0 spiro atoms. The Balaban J connectivity index is 2.72. The van der Waals surface area contributed by atoms with E-state index in [4.69, 9.17) is 4.42 Å². The standard InChI is InChI=1S/C13H13BrF2O2/c1-3-8-9-6-4-5-7-10(9)18-11(8)12(2,17)13(14,15)16/h4-7,17H,3H2,1-2H3. The fourth-order valence-corrected chi connectivity index (χ4v) is 2.15. The minimum Gasteiger partial charge on any atom is -0.457 e. The molecule has 0 saturated heterocycles. The van der Waals surface area contributed by atoms with Crippen LogP contribution in [0.5, 0.6) is 0 Å². The Morgan fingerprint density at radius 1 is 1.33 bits per heavy atom. The number of halogens is 3. The summed E-state index contributed by atoms with van der Waals surface area (Å²) in [6, 6.07) is 7.06. The first kappa shape index (κ1) is 13.5. The molecule has 1 unspecified atom stereocenters. The molecule has 0 bridgehead atoms. The molecular weight excluding hydrogens is 306 g/mol. The Morgan fingerprint density at radius 3 is 2.50 bits per heavy atom. The molecule has 1 N–H and O–H groups in total. The summed E-state index contributed by atoms with van der Waals surface area (Å²) in [6.45, 7) is 2.88. The highest BCUT2D eigenvalue weighted by atomic mass is 79.9. The lowest BCUT2D eigenvalue weighted by Crippen LogP contribution is -2.38. The van der Waals surface area contributed by atoms with Crippen LogP contribution in [0.1, 0.15) is 25.2 Å². The second-order valence-electron chi connectivity index (χ2n) is 4.33. The summed E-state index contributed by atoms with van der Waals surface area (Å²) in [5.74, 6) is -0.0897. The number of fused-ring (bicyclic) bond motifs is 1. The first-order chi connectivity index (χ1) is 8.29. The van der Waals surface area contributed by atoms with Crippen molar-refractivity contribution < 1.29 is 18.3 Å². The Kier molecular flexibility index (Phi) is 3.23. The number of hydrogen-bond donors (Lipinski definition) is 1. The van der Waals surface area contributed by atoms with Crippen LogP contribution in [0.3, 0.4) is 0 Å². The molecule has 2 rings (SSSR count). The van der Waals surface area contributed by atoms with Crippen LogP contribution in [-0.4, -0.2) is 9.94 Å². The molecule has 98 valence electrons. The lowest BCUT2D eigenvalue weighted by Gasteiger charge is -2.27. The van der Waals surface area contributed by atoms with Gasteiger partial charge in [-0.15, -0.1) is 0 Å². The Morgan fingerprint density at radius 2 is 1.94 bits per heavy atom. The predicted octanol–water partition coefficient (Wildman–Crippen LogP) is 4.19. The van der Waals surface area contributed by atoms with Crippen molar-refractivity contribution in [1.29, 1.82) is 0 Å². The maximum absolute atomic E-state index is 13.4. The van der Waals surface area contributed by atoms with E-state index in [1.165, 1.54) is 0 Å². The van der Waals surface area contributed by atoms with Crippen LogP contribution < -0.4 is 0 Å². The lowest BCUT2D eigenvalue weighted by molar-refractivity contribution is -0.120. The topological polar surface area (TPSA) is 33.4 Å². The van der Waals surface area contributed by atoms with Crippen LogP contribution in [0.25, 0.3) is 11.0 Å². The molecule has 0 saturated carbocycles. The van der Waals surface area contributed by atoms with Gasteiger partial charge in [-0.25, -0.2) is 0 Å². The highest BCUT2D eigenvalue weighted by Crippen LogP contribution is 2.45. The number of para-hydroxylation sites is 1. The molecule has 1 aromatic heterocycles. The molecule has 1 aromatic carbocycles. The highest BCUT2D eigenvalue weighted by Gasteiger charge is 2.51. The van der Waals surface area contributed by atoms with Crippen LogP contribution in [0.2, 0.25) is 0 Å². The maximum Gasteiger partial charge on any atom is 0.336 e. The molecule has 1 atom stereocenters. The van der Waals surface area contributed by atoms with Gasteiger partial charge in [0, 0.05) is 10.9 Å². The van der Waals surface area contributed by atoms with Crippen LogP contribution in [0.15, 0.2) is 28.7 Å². The summed E-state index contributed by atoms with van der Waals surface area (Å²) < 4.78 is 32.3. The van der Waals surface area contributed by atoms with Gasteiger partial charge in [0.15, 0.2) is 5.60 Å². The third-order valence-electron chi connectivity index (χ3n) is 3.05. The molecule has 0 aliphatic rings. The van der Waals surface area contributed by atoms with E-state index >= 15 is 0 Å². The van der Waals surface area contributed by atoms with Crippen molar-refractivity contribution in [3.8, 4) is 0 Å². The predicted molar refractivity (Wildman–Crippen MR) is 69.0 cm³/mol. The van der Waals surface area contributed by atoms with Crippen LogP contribution in [0, 0.1) is 0 Å². The zero-order valence-corrected chi connectivity index (χ0v) is 11.6. The second kappa shape index (κ2) is 4.31. The summed E-state index contributed by atoms with van der Waals surface area (Å²) in [5.41, 5.74) is -1.28. The zero-order valence-electron chi connectivity index (χ0n) is 10.0. The summed E-state index contributed by atoms with van der Waals surface area (Å²) in [6.07, 6.45) is 0.506. The number of hydrogen-bond acceptors (Lipinski definition) is 2. The van der Waals surface area contributed by atoms with Gasteiger partial charge in [-0.1, -0.05) is 25.1 Å². The van der Waals surface area contributed by atoms with E-state index in [1.54, 1.807) is 18.2 Å². The van der Waals surface area contributed by atoms with Crippen molar-refractivity contribution in [3.63, 3.8) is 0 Å². The van der Waals surface area contributed by atoms with Gasteiger partial charge in [0.2, 0.25) is 0 Å². The molecule has 1 heterocycles. The van der Waals surface area contributed by atoms with Gasteiger partial charge in [0.05, 0.1) is 0 Å². The van der Waals surface area contributed by atoms with Gasteiger partial charge >= 0.3 is 4.83 Å². The van der Waals surface area contributed by atoms with Crippen molar-refractivity contribution >= 4 is 26.9 Å². The maximum atomic E-state index is 13.4. The third kappa shape index (κ3) is 1.95. The number of aryl methyl sites for hydroxylation is 1. The Labute approximate surface area is 112 Å². The molecule has 0 fully saturated rings. The minimum atomic E-state index is -3.46. The van der Waals surface area contributed by atoms with E-state index in [9.17, 15) is 13.9 Å². The van der Waals surface area contributed by atoms with E-state index in [0.29, 0.717) is 17.6 Å². The highest BCUT2D eigenvalue weighted by molar-refractivity contribution is 9.10. The van der Waals surface area contributed by atoms with E-state index in [0.717, 1.165) is 12.3 Å². The fraction of sp³-hybridized carbons (Fsp3) is 0.385. The van der Waals surface area contributed by atoms with Gasteiger partial charge in [-0.05, 0) is 35.3 Å². The molecule has 5 heteroatoms. The molecule has 0 radical (unpaired) electrons. The van der Waals surface area contributed by atoms with E-state index in [1.807, 2.05) is 13.0 Å². The SMILES string of the molecule is CCc1c(C(C)(O)C(F)(F)Br)oc2ccccc12. The van der Waals surface area contributed by atoms with Crippen molar-refractivity contribution in [2.75, 3.05) is 0 Å². The summed E-state index contributed by atoms with van der Waals surface area (Å²) in [5, 5.41) is 10.8. The smallest absolute Gasteiger partial charge is 0.336 e. The average molecular weight is 319 g/mol. The first-order valence-corrected chi connectivity index (χ1v) is 6.38. The lowest BCUT2D eigenvalue weighted by atomic mass is 9.97.